The lowest BCUT2D eigenvalue weighted by atomic mass is 10.1. The van der Waals surface area contributed by atoms with Crippen LogP contribution in [0.2, 0.25) is 0 Å². The number of fused-ring (bicyclic) bond motifs is 1. The van der Waals surface area contributed by atoms with Crippen molar-refractivity contribution in [3.8, 4) is 17.0 Å². The van der Waals surface area contributed by atoms with Crippen LogP contribution in [0.4, 0.5) is 17.6 Å². The van der Waals surface area contributed by atoms with Gasteiger partial charge in [0.25, 0.3) is 10.0 Å². The van der Waals surface area contributed by atoms with Crippen molar-refractivity contribution in [2.75, 3.05) is 0 Å². The predicted molar refractivity (Wildman–Crippen MR) is 122 cm³/mol. The van der Waals surface area contributed by atoms with Gasteiger partial charge in [-0.2, -0.15) is 17.9 Å². The Morgan fingerprint density at radius 2 is 1.86 bits per heavy atom. The number of carbonyl (C=O) groups excluding carboxylic acids is 1. The van der Waals surface area contributed by atoms with E-state index in [1.165, 1.54) is 19.1 Å². The average molecular weight is 538 g/mol. The molecule has 2 aromatic carbocycles. The van der Waals surface area contributed by atoms with Gasteiger partial charge < -0.3 is 14.8 Å². The number of furan rings is 1. The Balaban J connectivity index is 1.42. The first kappa shape index (κ1) is 26.0. The number of alkyl halides is 3. The van der Waals surface area contributed by atoms with Crippen molar-refractivity contribution in [2.45, 2.75) is 30.8 Å². The van der Waals surface area contributed by atoms with Crippen LogP contribution in [0.3, 0.4) is 0 Å². The van der Waals surface area contributed by atoms with Gasteiger partial charge in [-0.05, 0) is 49.4 Å². The van der Waals surface area contributed by atoms with E-state index in [4.69, 9.17) is 4.42 Å². The van der Waals surface area contributed by atoms with Crippen molar-refractivity contribution < 1.29 is 40.3 Å². The fourth-order valence-electron chi connectivity index (χ4n) is 3.36. The third kappa shape index (κ3) is 5.86. The number of aromatic nitrogens is 2. The van der Waals surface area contributed by atoms with Crippen LogP contribution in [-0.4, -0.2) is 35.4 Å². The first-order chi connectivity index (χ1) is 17.3. The number of carbonyl (C=O) groups is 1. The van der Waals surface area contributed by atoms with Gasteiger partial charge in [0, 0.05) is 17.0 Å². The molecule has 0 aliphatic rings. The first-order valence-electron chi connectivity index (χ1n) is 10.5. The van der Waals surface area contributed by atoms with Crippen molar-refractivity contribution in [1.29, 1.82) is 0 Å². The van der Waals surface area contributed by atoms with Gasteiger partial charge in [0.15, 0.2) is 0 Å². The maximum absolute atomic E-state index is 13.4. The molecule has 4 rings (SSSR count). The van der Waals surface area contributed by atoms with Crippen LogP contribution in [0.25, 0.3) is 22.2 Å². The maximum Gasteiger partial charge on any atom is 0.416 e. The lowest BCUT2D eigenvalue weighted by Gasteiger charge is -2.13. The summed E-state index contributed by atoms with van der Waals surface area (Å²) in [6.07, 6.45) is -3.53. The highest BCUT2D eigenvalue weighted by molar-refractivity contribution is 7.89. The summed E-state index contributed by atoms with van der Waals surface area (Å²) in [6, 6.07) is 7.17. The average Bonchev–Trinajstić information content (AvgIpc) is 3.26. The van der Waals surface area contributed by atoms with E-state index < -0.39 is 50.4 Å². The molecule has 37 heavy (non-hydrogen) atoms. The van der Waals surface area contributed by atoms with Crippen LogP contribution in [0.15, 0.2) is 64.4 Å². The highest BCUT2D eigenvalue weighted by atomic mass is 32.2. The number of halogens is 4. The minimum atomic E-state index is -4.63. The van der Waals surface area contributed by atoms with Gasteiger partial charge in [0.2, 0.25) is 11.0 Å². The fraction of sp³-hybridized carbons (Fsp3) is 0.174. The Kier molecular flexibility index (Phi) is 6.88. The molecule has 194 valence electrons. The van der Waals surface area contributed by atoms with Crippen LogP contribution in [0.5, 0.6) is 5.75 Å². The van der Waals surface area contributed by atoms with Gasteiger partial charge in [-0.3, -0.25) is 4.79 Å². The van der Waals surface area contributed by atoms with E-state index >= 15 is 0 Å². The van der Waals surface area contributed by atoms with Crippen molar-refractivity contribution >= 4 is 26.9 Å². The largest absolute Gasteiger partial charge is 0.507 e. The third-order valence-electron chi connectivity index (χ3n) is 5.21. The van der Waals surface area contributed by atoms with Gasteiger partial charge in [-0.15, -0.1) is 0 Å². The molecule has 0 fully saturated rings. The Labute approximate surface area is 207 Å². The summed E-state index contributed by atoms with van der Waals surface area (Å²) in [5, 5.41) is 12.2. The van der Waals surface area contributed by atoms with Crippen molar-refractivity contribution in [3.05, 3.63) is 71.9 Å². The van der Waals surface area contributed by atoms with E-state index in [9.17, 15) is 35.9 Å². The van der Waals surface area contributed by atoms with Gasteiger partial charge in [-0.1, -0.05) is 0 Å². The number of aromatic hydroxyl groups is 1. The Hall–Kier alpha value is -4.04. The molecule has 14 heteroatoms. The number of rotatable bonds is 7. The molecule has 9 nitrogen and oxygen atoms in total. The second-order valence-electron chi connectivity index (χ2n) is 7.93. The molecule has 1 amide bonds. The number of hydrogen-bond acceptors (Lipinski definition) is 7. The lowest BCUT2D eigenvalue weighted by molar-refractivity contribution is -0.137. The van der Waals surface area contributed by atoms with Crippen molar-refractivity contribution in [2.24, 2.45) is 0 Å². The quantitative estimate of drug-likeness (QED) is 0.305. The topological polar surface area (TPSA) is 134 Å². The van der Waals surface area contributed by atoms with Gasteiger partial charge in [-0.25, -0.2) is 22.8 Å². The number of benzene rings is 2. The van der Waals surface area contributed by atoms with E-state index in [1.54, 1.807) is 0 Å². The normalized spacial score (nSPS) is 13.0. The molecule has 3 N–H and O–H groups in total. The van der Waals surface area contributed by atoms with Gasteiger partial charge >= 0.3 is 6.18 Å². The molecular weight excluding hydrogens is 520 g/mol. The Bertz CT molecular complexity index is 1590. The second-order valence-corrected chi connectivity index (χ2v) is 9.58. The number of phenols is 1. The van der Waals surface area contributed by atoms with Crippen LogP contribution in [-0.2, 0) is 27.5 Å². The number of phenolic OH excluding ortho intramolecular Hbond substituents is 1. The highest BCUT2D eigenvalue weighted by Crippen LogP contribution is 2.35. The zero-order valence-corrected chi connectivity index (χ0v) is 19.7. The summed E-state index contributed by atoms with van der Waals surface area (Å²) in [5.74, 6) is -1.93. The zero-order valence-electron chi connectivity index (χ0n) is 18.9. The van der Waals surface area contributed by atoms with Crippen LogP contribution in [0, 0.1) is 5.82 Å². The molecule has 0 saturated carbocycles. The van der Waals surface area contributed by atoms with Crippen LogP contribution in [0.1, 0.15) is 18.2 Å². The van der Waals surface area contributed by atoms with Gasteiger partial charge in [0.05, 0.1) is 29.5 Å². The maximum atomic E-state index is 13.4. The van der Waals surface area contributed by atoms with Gasteiger partial charge in [0.1, 0.15) is 23.5 Å². The summed E-state index contributed by atoms with van der Waals surface area (Å²) >= 11 is 0. The van der Waals surface area contributed by atoms with E-state index in [0.29, 0.717) is 6.07 Å². The molecular formula is C23H18F4N4O5S. The minimum Gasteiger partial charge on any atom is -0.507 e. The summed E-state index contributed by atoms with van der Waals surface area (Å²) in [6.45, 7) is 1.12. The predicted octanol–water partition coefficient (Wildman–Crippen LogP) is 3.74. The molecule has 0 aliphatic heterocycles. The number of nitrogens with zero attached hydrogens (tertiary/aromatic N) is 2. The van der Waals surface area contributed by atoms with Crippen LogP contribution < -0.4 is 10.0 Å². The molecule has 1 atom stereocenters. The highest BCUT2D eigenvalue weighted by Gasteiger charge is 2.31. The summed E-state index contributed by atoms with van der Waals surface area (Å²) < 4.78 is 84.5. The molecule has 2 aromatic heterocycles. The molecule has 0 aliphatic carbocycles. The SMILES string of the molecule is C[C@H](NS(=O)(=O)c1cc2cc(F)ccc2o1)C(=O)NCc1cc(-c2ccc(C(F)(F)F)cc2O)ncn1. The van der Waals surface area contributed by atoms with Crippen LogP contribution >= 0.6 is 0 Å². The van der Waals surface area contributed by atoms with Crippen molar-refractivity contribution in [1.82, 2.24) is 20.0 Å². The third-order valence-corrected chi connectivity index (χ3v) is 6.61. The summed E-state index contributed by atoms with van der Waals surface area (Å²) in [4.78, 5) is 20.4. The molecule has 0 spiro atoms. The molecule has 2 heterocycles. The molecule has 0 bridgehead atoms. The summed E-state index contributed by atoms with van der Waals surface area (Å²) in [7, 11) is -4.26. The molecule has 0 radical (unpaired) electrons. The fourth-order valence-corrected chi connectivity index (χ4v) is 4.53. The van der Waals surface area contributed by atoms with E-state index in [-0.39, 0.29) is 34.5 Å². The van der Waals surface area contributed by atoms with E-state index in [1.807, 2.05) is 0 Å². The Morgan fingerprint density at radius 1 is 1.11 bits per heavy atom. The van der Waals surface area contributed by atoms with E-state index in [0.717, 1.165) is 36.7 Å². The van der Waals surface area contributed by atoms with E-state index in [2.05, 4.69) is 20.0 Å². The smallest absolute Gasteiger partial charge is 0.416 e. The first-order valence-corrected chi connectivity index (χ1v) is 12.0. The molecule has 4 aromatic rings. The lowest BCUT2D eigenvalue weighted by Crippen LogP contribution is -2.44. The Morgan fingerprint density at radius 3 is 2.57 bits per heavy atom. The zero-order chi connectivity index (χ0) is 27.0. The number of hydrogen-bond donors (Lipinski definition) is 3. The minimum absolute atomic E-state index is 0.0230. The standard InChI is InChI=1S/C23H18F4N4O5S/c1-12(31-37(34,35)21-7-13-6-15(24)3-5-20(13)36-21)22(33)28-10-16-9-18(30-11-29-16)17-4-2-14(8-19(17)32)23(25,26)27/h2-9,11-12,31-32H,10H2,1H3,(H,28,33)/t12-/m0/s1. The molecule has 0 unspecified atom stereocenters. The summed E-state index contributed by atoms with van der Waals surface area (Å²) in [5.41, 5.74) is -0.499. The number of nitrogens with one attached hydrogen (secondary N) is 2. The molecule has 0 saturated heterocycles. The monoisotopic (exact) mass is 538 g/mol. The second kappa shape index (κ2) is 9.78. The number of sulfonamides is 1. The number of amides is 1. The van der Waals surface area contributed by atoms with Crippen molar-refractivity contribution in [3.63, 3.8) is 0 Å².